The van der Waals surface area contributed by atoms with E-state index in [0.717, 1.165) is 0 Å². The van der Waals surface area contributed by atoms with Crippen LogP contribution < -0.4 is 13.3 Å². The Kier molecular flexibility index (Phi) is 5.02. The van der Waals surface area contributed by atoms with Gasteiger partial charge in [-0.05, 0) is 46.9 Å². The smallest absolute Gasteiger partial charge is 0.253 e. The molecule has 0 spiro atoms. The summed E-state index contributed by atoms with van der Waals surface area (Å²) < 4.78 is 61.1. The molecule has 30 heavy (non-hydrogen) atoms. The van der Waals surface area contributed by atoms with Gasteiger partial charge in [0.2, 0.25) is 0 Å². The minimum Gasteiger partial charge on any atom is -0.468 e. The normalized spacial score (nSPS) is 21.7. The molecule has 4 rings (SSSR count). The Hall–Kier alpha value is -2.58. The van der Waals surface area contributed by atoms with Crippen molar-refractivity contribution < 1.29 is 27.4 Å². The summed E-state index contributed by atoms with van der Waals surface area (Å²) in [4.78, 5) is 0. The Labute approximate surface area is 174 Å². The lowest BCUT2D eigenvalue weighted by Crippen LogP contribution is -2.33. The monoisotopic (exact) mass is 437 g/mol. The highest BCUT2D eigenvalue weighted by atomic mass is 32.3. The van der Waals surface area contributed by atoms with Gasteiger partial charge < -0.3 is 9.47 Å². The van der Waals surface area contributed by atoms with Gasteiger partial charge in [-0.15, -0.1) is 0 Å². The number of fused-ring (bicyclic) bond motifs is 1. The Morgan fingerprint density at radius 1 is 1.23 bits per heavy atom. The van der Waals surface area contributed by atoms with E-state index < -0.39 is 22.8 Å². The number of hydrogen-bond donors (Lipinski definition) is 2. The maximum Gasteiger partial charge on any atom is 0.253 e. The predicted octanol–water partition coefficient (Wildman–Crippen LogP) is 4.70. The van der Waals surface area contributed by atoms with E-state index >= 15 is 0 Å². The SMILES string of the molecule is COCOc1ccc(C#N)c(-c2ccc3c(c2)N(C)S(O)(O)N3CC2CC2(F)F)c1. The van der Waals surface area contributed by atoms with Crippen LogP contribution in [-0.2, 0) is 4.74 Å². The standard InChI is InChI=1S/C20H21F2N3O4S/c1-24-19-7-13(17-8-16(29-12-28-2)5-3-14(17)10-23)4-6-18(19)25(30(24,26)27)11-15-9-20(15,21)22/h3-8,15,26-27H,9,11-12H2,1-2H3. The molecule has 1 aliphatic heterocycles. The first kappa shape index (κ1) is 20.7. The highest BCUT2D eigenvalue weighted by Crippen LogP contribution is 2.63. The molecular formula is C20H21F2N3O4S. The Morgan fingerprint density at radius 3 is 2.60 bits per heavy atom. The van der Waals surface area contributed by atoms with Crippen LogP contribution in [0.1, 0.15) is 12.0 Å². The predicted molar refractivity (Wildman–Crippen MR) is 111 cm³/mol. The van der Waals surface area contributed by atoms with Gasteiger partial charge in [0.05, 0.1) is 23.0 Å². The maximum absolute atomic E-state index is 13.4. The minimum absolute atomic E-state index is 0.0555. The molecule has 160 valence electrons. The molecule has 10 heteroatoms. The van der Waals surface area contributed by atoms with E-state index in [4.69, 9.17) is 9.47 Å². The quantitative estimate of drug-likeness (QED) is 0.633. The first-order valence-electron chi connectivity index (χ1n) is 9.17. The van der Waals surface area contributed by atoms with Crippen molar-refractivity contribution in [3.05, 3.63) is 42.0 Å². The Balaban J connectivity index is 1.71. The van der Waals surface area contributed by atoms with Crippen molar-refractivity contribution in [2.24, 2.45) is 5.92 Å². The molecule has 2 N–H and O–H groups in total. The van der Waals surface area contributed by atoms with Gasteiger partial charge in [0.15, 0.2) is 6.79 Å². The lowest BCUT2D eigenvalue weighted by molar-refractivity contribution is 0.0511. The van der Waals surface area contributed by atoms with Gasteiger partial charge in [0.1, 0.15) is 5.75 Å². The zero-order chi connectivity index (χ0) is 21.7. The average molecular weight is 437 g/mol. The number of benzene rings is 2. The molecule has 0 saturated heterocycles. The molecule has 0 aromatic heterocycles. The number of methoxy groups -OCH3 is 1. The van der Waals surface area contributed by atoms with Gasteiger partial charge in [-0.3, -0.25) is 17.7 Å². The molecule has 1 aliphatic carbocycles. The van der Waals surface area contributed by atoms with Crippen molar-refractivity contribution in [1.29, 1.82) is 5.26 Å². The first-order valence-corrected chi connectivity index (χ1v) is 10.6. The molecule has 2 aromatic carbocycles. The number of nitriles is 1. The van der Waals surface area contributed by atoms with Gasteiger partial charge >= 0.3 is 0 Å². The van der Waals surface area contributed by atoms with Gasteiger partial charge in [-0.1, -0.05) is 6.07 Å². The van der Waals surface area contributed by atoms with Crippen LogP contribution in [0.4, 0.5) is 20.2 Å². The summed E-state index contributed by atoms with van der Waals surface area (Å²) >= 11 is 0. The van der Waals surface area contributed by atoms with Crippen molar-refractivity contribution in [2.45, 2.75) is 12.3 Å². The van der Waals surface area contributed by atoms with Crippen LogP contribution in [0.5, 0.6) is 5.75 Å². The third-order valence-electron chi connectivity index (χ3n) is 5.35. The summed E-state index contributed by atoms with van der Waals surface area (Å²) in [5, 5.41) is 9.49. The van der Waals surface area contributed by atoms with Crippen molar-refractivity contribution in [2.75, 3.05) is 36.1 Å². The van der Waals surface area contributed by atoms with Crippen molar-refractivity contribution >= 4 is 22.3 Å². The molecule has 1 fully saturated rings. The number of rotatable bonds is 6. The second-order valence-corrected chi connectivity index (χ2v) is 9.25. The highest BCUT2D eigenvalue weighted by Gasteiger charge is 2.59. The minimum atomic E-state index is -3.44. The molecular weight excluding hydrogens is 416 g/mol. The summed E-state index contributed by atoms with van der Waals surface area (Å²) in [6.07, 6.45) is -0.254. The van der Waals surface area contributed by atoms with Gasteiger partial charge in [0.25, 0.3) is 5.92 Å². The van der Waals surface area contributed by atoms with Crippen molar-refractivity contribution in [1.82, 2.24) is 0 Å². The van der Waals surface area contributed by atoms with Gasteiger partial charge in [0, 0.05) is 38.6 Å². The first-order chi connectivity index (χ1) is 14.2. The zero-order valence-corrected chi connectivity index (χ0v) is 17.2. The highest BCUT2D eigenvalue weighted by molar-refractivity contribution is 8.26. The molecule has 2 aromatic rings. The van der Waals surface area contributed by atoms with Crippen LogP contribution >= 0.6 is 11.0 Å². The maximum atomic E-state index is 13.4. The van der Waals surface area contributed by atoms with E-state index in [1.54, 1.807) is 36.4 Å². The van der Waals surface area contributed by atoms with Crippen LogP contribution in [0.3, 0.4) is 0 Å². The lowest BCUT2D eigenvalue weighted by atomic mass is 9.99. The second-order valence-electron chi connectivity index (χ2n) is 7.28. The summed E-state index contributed by atoms with van der Waals surface area (Å²) in [6, 6.07) is 12.2. The number of anilines is 2. The number of nitrogens with zero attached hydrogens (tertiary/aromatic N) is 3. The number of hydrogen-bond acceptors (Lipinski definition) is 7. The topological polar surface area (TPSA) is 89.2 Å². The number of alkyl halides is 2. The van der Waals surface area contributed by atoms with E-state index in [-0.39, 0.29) is 19.8 Å². The molecule has 1 atom stereocenters. The fourth-order valence-electron chi connectivity index (χ4n) is 3.51. The Morgan fingerprint density at radius 2 is 1.97 bits per heavy atom. The van der Waals surface area contributed by atoms with E-state index in [9.17, 15) is 23.1 Å². The zero-order valence-electron chi connectivity index (χ0n) is 16.4. The number of ether oxygens (including phenoxy) is 2. The van der Waals surface area contributed by atoms with Gasteiger partial charge in [-0.2, -0.15) is 5.26 Å². The fourth-order valence-corrected chi connectivity index (χ4v) is 5.01. The Bertz CT molecular complexity index is 1030. The summed E-state index contributed by atoms with van der Waals surface area (Å²) in [5.74, 6) is -3.15. The molecule has 0 bridgehead atoms. The molecule has 0 radical (unpaired) electrons. The summed E-state index contributed by atoms with van der Waals surface area (Å²) in [7, 11) is -0.429. The lowest BCUT2D eigenvalue weighted by Gasteiger charge is -2.42. The van der Waals surface area contributed by atoms with Gasteiger partial charge in [-0.25, -0.2) is 8.78 Å². The van der Waals surface area contributed by atoms with Crippen LogP contribution in [0.25, 0.3) is 11.1 Å². The number of halogens is 2. The molecule has 1 unspecified atom stereocenters. The second kappa shape index (κ2) is 7.28. The van der Waals surface area contributed by atoms with Crippen LogP contribution in [0.15, 0.2) is 36.4 Å². The molecule has 1 saturated carbocycles. The van der Waals surface area contributed by atoms with E-state index in [1.165, 1.54) is 22.8 Å². The van der Waals surface area contributed by atoms with Crippen LogP contribution in [-0.4, -0.2) is 42.5 Å². The van der Waals surface area contributed by atoms with E-state index in [1.807, 2.05) is 0 Å². The molecule has 7 nitrogen and oxygen atoms in total. The molecule has 0 amide bonds. The molecule has 1 heterocycles. The summed E-state index contributed by atoms with van der Waals surface area (Å²) in [5.41, 5.74) is 2.64. The molecule has 2 aliphatic rings. The van der Waals surface area contributed by atoms with Crippen LogP contribution in [0, 0.1) is 17.2 Å². The van der Waals surface area contributed by atoms with E-state index in [2.05, 4.69) is 6.07 Å². The average Bonchev–Trinajstić information content (AvgIpc) is 3.29. The summed E-state index contributed by atoms with van der Waals surface area (Å²) in [6.45, 7) is -0.0876. The largest absolute Gasteiger partial charge is 0.468 e. The third-order valence-corrected chi connectivity index (χ3v) is 7.22. The van der Waals surface area contributed by atoms with Crippen molar-refractivity contribution in [3.8, 4) is 22.9 Å². The van der Waals surface area contributed by atoms with E-state index in [0.29, 0.717) is 33.8 Å². The third kappa shape index (κ3) is 3.44. The fraction of sp³-hybridized carbons (Fsp3) is 0.350. The van der Waals surface area contributed by atoms with Crippen molar-refractivity contribution in [3.63, 3.8) is 0 Å². The van der Waals surface area contributed by atoms with Crippen LogP contribution in [0.2, 0.25) is 0 Å².